The van der Waals surface area contributed by atoms with E-state index in [9.17, 15) is 13.2 Å². The Bertz CT molecular complexity index is 1650. The number of aromatic nitrogens is 7. The number of rotatable bonds is 5. The number of ether oxygens (including phenoxy) is 1. The summed E-state index contributed by atoms with van der Waals surface area (Å²) in [5.74, 6) is 0.637. The molecule has 0 bridgehead atoms. The molecule has 0 aliphatic carbocycles. The van der Waals surface area contributed by atoms with Crippen molar-refractivity contribution < 1.29 is 17.9 Å². The van der Waals surface area contributed by atoms with E-state index < -0.39 is 12.0 Å². The highest BCUT2D eigenvalue weighted by Gasteiger charge is 2.39. The Hall–Kier alpha value is -3.62. The number of fused-ring (bicyclic) bond motifs is 2. The Kier molecular flexibility index (Phi) is 6.40. The summed E-state index contributed by atoms with van der Waals surface area (Å²) in [5, 5.41) is 15.0. The van der Waals surface area contributed by atoms with Gasteiger partial charge in [-0.3, -0.25) is 10.00 Å². The minimum atomic E-state index is -4.51. The zero-order valence-electron chi connectivity index (χ0n) is 21.4. The Balaban J connectivity index is 1.16. The van der Waals surface area contributed by atoms with Gasteiger partial charge in [0.2, 0.25) is 5.82 Å². The minimum absolute atomic E-state index is 0.266. The third-order valence-electron chi connectivity index (χ3n) is 7.60. The molecule has 0 radical (unpaired) electrons. The lowest BCUT2D eigenvalue weighted by atomic mass is 10.0. The average Bonchev–Trinajstić information content (AvgIpc) is 3.72. The molecule has 6 heterocycles. The van der Waals surface area contributed by atoms with Gasteiger partial charge in [0.05, 0.1) is 35.1 Å². The second-order valence-electron chi connectivity index (χ2n) is 10.1. The lowest BCUT2D eigenvalue weighted by Gasteiger charge is -2.32. The van der Waals surface area contributed by atoms with Crippen LogP contribution in [0.3, 0.4) is 0 Å². The average molecular weight is 570 g/mol. The van der Waals surface area contributed by atoms with Crippen molar-refractivity contribution in [2.24, 2.45) is 0 Å². The molecule has 0 unspecified atom stereocenters. The number of alkyl halides is 3. The summed E-state index contributed by atoms with van der Waals surface area (Å²) >= 11 is 1.68. The van der Waals surface area contributed by atoms with E-state index in [1.807, 2.05) is 18.2 Å². The third-order valence-corrected chi connectivity index (χ3v) is 8.70. The molecule has 7 rings (SSSR count). The number of nitrogens with zero attached hydrogens (tertiary/aromatic N) is 8. The third kappa shape index (κ3) is 4.69. The van der Waals surface area contributed by atoms with Gasteiger partial charge in [-0.1, -0.05) is 12.1 Å². The predicted molar refractivity (Wildman–Crippen MR) is 144 cm³/mol. The minimum Gasteiger partial charge on any atom is -0.378 e. The fraction of sp³-hybridized carbons (Fsp3) is 0.423. The second kappa shape index (κ2) is 10.1. The number of halogens is 3. The Morgan fingerprint density at radius 3 is 2.70 bits per heavy atom. The molecule has 10 nitrogen and oxygen atoms in total. The van der Waals surface area contributed by atoms with Gasteiger partial charge in [0, 0.05) is 54.6 Å². The standard InChI is InChI=1S/C26H26F3N9OS/c27-26(28,29)25-35-31-15-38(25)16-4-6-36(7-5-16)14-17-12-21-22(40-17)24(37-8-10-39-11-9-37)33-23(32-21)18-2-1-3-20-19(18)13-30-34-20/h1-3,12-13,15-16H,4-11,14H2,(H,30,34). The number of piperidine rings is 1. The number of anilines is 1. The molecule has 0 saturated carbocycles. The molecular formula is C26H26F3N9OS. The number of aromatic amines is 1. The van der Waals surface area contributed by atoms with Gasteiger partial charge in [0.15, 0.2) is 11.6 Å². The number of thiophene rings is 1. The van der Waals surface area contributed by atoms with Crippen molar-refractivity contribution >= 4 is 38.3 Å². The van der Waals surface area contributed by atoms with Crippen LogP contribution >= 0.6 is 11.3 Å². The number of nitrogens with one attached hydrogen (secondary N) is 1. The van der Waals surface area contributed by atoms with Gasteiger partial charge < -0.3 is 14.2 Å². The van der Waals surface area contributed by atoms with Crippen molar-refractivity contribution in [2.45, 2.75) is 31.6 Å². The Morgan fingerprint density at radius 1 is 1.07 bits per heavy atom. The first kappa shape index (κ1) is 25.4. The lowest BCUT2D eigenvalue weighted by Crippen LogP contribution is -2.36. The van der Waals surface area contributed by atoms with Gasteiger partial charge in [-0.2, -0.15) is 18.3 Å². The lowest BCUT2D eigenvalue weighted by molar-refractivity contribution is -0.148. The molecule has 2 saturated heterocycles. The SMILES string of the molecule is FC(F)(F)c1nncn1C1CCN(Cc2cc3nc(-c4cccc5[nH]ncc45)nc(N4CCOCC4)c3s2)CC1. The molecule has 1 aromatic carbocycles. The van der Waals surface area contributed by atoms with E-state index in [1.54, 1.807) is 17.5 Å². The van der Waals surface area contributed by atoms with Crippen molar-refractivity contribution in [3.05, 3.63) is 47.5 Å². The highest BCUT2D eigenvalue weighted by Crippen LogP contribution is 2.37. The van der Waals surface area contributed by atoms with Crippen LogP contribution in [0.5, 0.6) is 0 Å². The molecule has 40 heavy (non-hydrogen) atoms. The van der Waals surface area contributed by atoms with Crippen molar-refractivity contribution in [2.75, 3.05) is 44.3 Å². The number of hydrogen-bond donors (Lipinski definition) is 1. The largest absolute Gasteiger partial charge is 0.451 e. The van der Waals surface area contributed by atoms with Crippen LogP contribution in [0.2, 0.25) is 0 Å². The first-order chi connectivity index (χ1) is 19.4. The molecule has 0 atom stereocenters. The molecule has 14 heteroatoms. The number of likely N-dealkylation sites (tertiary alicyclic amines) is 1. The first-order valence-electron chi connectivity index (χ1n) is 13.2. The predicted octanol–water partition coefficient (Wildman–Crippen LogP) is 4.52. The molecule has 0 spiro atoms. The fourth-order valence-electron chi connectivity index (χ4n) is 5.60. The monoisotopic (exact) mass is 569 g/mol. The van der Waals surface area contributed by atoms with E-state index in [0.717, 1.165) is 50.5 Å². The van der Waals surface area contributed by atoms with Crippen LogP contribution in [-0.2, 0) is 17.5 Å². The molecule has 5 aromatic rings. The summed E-state index contributed by atoms with van der Waals surface area (Å²) in [6.45, 7) is 4.88. The molecule has 2 aliphatic heterocycles. The van der Waals surface area contributed by atoms with Crippen molar-refractivity contribution in [3.8, 4) is 11.4 Å². The van der Waals surface area contributed by atoms with E-state index in [2.05, 4.69) is 36.3 Å². The number of hydrogen-bond acceptors (Lipinski definition) is 9. The fourth-order valence-corrected chi connectivity index (χ4v) is 6.76. The highest BCUT2D eigenvalue weighted by atomic mass is 32.1. The number of H-pyrrole nitrogens is 1. The molecule has 2 fully saturated rings. The van der Waals surface area contributed by atoms with Crippen molar-refractivity contribution in [3.63, 3.8) is 0 Å². The van der Waals surface area contributed by atoms with Crippen LogP contribution in [0.25, 0.3) is 32.5 Å². The van der Waals surface area contributed by atoms with Crippen LogP contribution in [-0.4, -0.2) is 79.2 Å². The first-order valence-corrected chi connectivity index (χ1v) is 14.0. The maximum absolute atomic E-state index is 13.3. The highest BCUT2D eigenvalue weighted by molar-refractivity contribution is 7.19. The van der Waals surface area contributed by atoms with Gasteiger partial charge in [0.25, 0.3) is 0 Å². The van der Waals surface area contributed by atoms with Gasteiger partial charge in [-0.15, -0.1) is 21.5 Å². The van der Waals surface area contributed by atoms with E-state index >= 15 is 0 Å². The zero-order valence-corrected chi connectivity index (χ0v) is 22.3. The zero-order chi connectivity index (χ0) is 27.3. The van der Waals surface area contributed by atoms with Crippen LogP contribution in [0.15, 0.2) is 36.8 Å². The van der Waals surface area contributed by atoms with Crippen LogP contribution in [0.4, 0.5) is 19.0 Å². The summed E-state index contributed by atoms with van der Waals surface area (Å²) in [6.07, 6.45) is -0.311. The normalized spacial score (nSPS) is 17.8. The molecule has 2 aliphatic rings. The van der Waals surface area contributed by atoms with Crippen LogP contribution in [0.1, 0.15) is 29.6 Å². The summed E-state index contributed by atoms with van der Waals surface area (Å²) in [5.41, 5.74) is 2.74. The maximum atomic E-state index is 13.3. The van der Waals surface area contributed by atoms with Gasteiger partial charge >= 0.3 is 6.18 Å². The quantitative estimate of drug-likeness (QED) is 0.330. The summed E-state index contributed by atoms with van der Waals surface area (Å²) < 4.78 is 47.7. The van der Waals surface area contributed by atoms with E-state index in [-0.39, 0.29) is 6.04 Å². The van der Waals surface area contributed by atoms with Crippen molar-refractivity contribution in [1.82, 2.24) is 39.8 Å². The summed E-state index contributed by atoms with van der Waals surface area (Å²) in [6, 6.07) is 7.82. The number of morpholine rings is 1. The van der Waals surface area contributed by atoms with Crippen LogP contribution in [0, 0.1) is 0 Å². The smallest absolute Gasteiger partial charge is 0.378 e. The van der Waals surface area contributed by atoms with E-state index in [1.165, 1.54) is 10.9 Å². The van der Waals surface area contributed by atoms with Crippen LogP contribution < -0.4 is 4.90 Å². The molecule has 208 valence electrons. The Labute approximate surface area is 230 Å². The molecular weight excluding hydrogens is 543 g/mol. The molecule has 0 amide bonds. The maximum Gasteiger partial charge on any atom is 0.451 e. The van der Waals surface area contributed by atoms with E-state index in [4.69, 9.17) is 14.7 Å². The van der Waals surface area contributed by atoms with Gasteiger partial charge in [-0.25, -0.2) is 9.97 Å². The summed E-state index contributed by atoms with van der Waals surface area (Å²) in [4.78, 5) is 15.7. The van der Waals surface area contributed by atoms with Crippen molar-refractivity contribution in [1.29, 1.82) is 0 Å². The van der Waals surface area contributed by atoms with E-state index in [0.29, 0.717) is 51.5 Å². The molecule has 1 N–H and O–H groups in total. The van der Waals surface area contributed by atoms with Gasteiger partial charge in [-0.05, 0) is 25.0 Å². The molecule has 4 aromatic heterocycles. The second-order valence-corrected chi connectivity index (χ2v) is 11.2. The Morgan fingerprint density at radius 2 is 1.90 bits per heavy atom. The topological polar surface area (TPSA) is 101 Å². The van der Waals surface area contributed by atoms with Gasteiger partial charge in [0.1, 0.15) is 6.33 Å². The number of benzene rings is 1. The summed E-state index contributed by atoms with van der Waals surface area (Å²) in [7, 11) is 0.